The fourth-order valence-corrected chi connectivity index (χ4v) is 3.24. The van der Waals surface area contributed by atoms with E-state index >= 15 is 0 Å². The Morgan fingerprint density at radius 1 is 0.775 bits per heavy atom. The summed E-state index contributed by atoms with van der Waals surface area (Å²) in [5, 5.41) is 36.3. The van der Waals surface area contributed by atoms with Gasteiger partial charge in [-0.25, -0.2) is 0 Å². The van der Waals surface area contributed by atoms with E-state index < -0.39 is 78.2 Å². The molecule has 0 saturated carbocycles. The molecule has 40 heavy (non-hydrogen) atoms. The summed E-state index contributed by atoms with van der Waals surface area (Å²) in [6, 6.07) is -5.55. The third-order valence-corrected chi connectivity index (χ3v) is 5.36. The van der Waals surface area contributed by atoms with Gasteiger partial charge in [-0.1, -0.05) is 13.8 Å². The molecular weight excluding hydrogens is 550 g/mol. The predicted octanol–water partition coefficient (Wildman–Crippen LogP) is -10.6. The van der Waals surface area contributed by atoms with Gasteiger partial charge in [-0.2, -0.15) is 0 Å². The quantitative estimate of drug-likeness (QED) is 0.0575. The van der Waals surface area contributed by atoms with Crippen molar-refractivity contribution in [2.24, 2.45) is 17.4 Å². The van der Waals surface area contributed by atoms with Gasteiger partial charge in [0, 0.05) is 19.3 Å². The molecule has 214 valence electrons. The van der Waals surface area contributed by atoms with Gasteiger partial charge in [-0.05, 0) is 31.6 Å². The second-order valence-corrected chi connectivity index (χ2v) is 9.09. The molecule has 8 N–H and O–H groups in total. The van der Waals surface area contributed by atoms with Crippen molar-refractivity contribution in [1.82, 2.24) is 16.0 Å². The second-order valence-electron chi connectivity index (χ2n) is 9.09. The van der Waals surface area contributed by atoms with Gasteiger partial charge in [-0.3, -0.25) is 24.0 Å². The van der Waals surface area contributed by atoms with Gasteiger partial charge in [0.15, 0.2) is 5.78 Å². The summed E-state index contributed by atoms with van der Waals surface area (Å²) in [4.78, 5) is 83.1. The van der Waals surface area contributed by atoms with Crippen LogP contribution in [0.4, 0.5) is 0 Å². The maximum Gasteiger partial charge on any atom is 1.00 e. The largest absolute Gasteiger partial charge is 1.00 e. The fourth-order valence-electron chi connectivity index (χ4n) is 3.24. The van der Waals surface area contributed by atoms with E-state index in [0.29, 0.717) is 12.6 Å². The Labute approximate surface area is 276 Å². The first kappa shape index (κ1) is 42.7. The van der Waals surface area contributed by atoms with Crippen molar-refractivity contribution < 1.29 is 103 Å². The molecule has 4 atom stereocenters. The molecule has 0 aromatic carbocycles. The van der Waals surface area contributed by atoms with Crippen LogP contribution in [0.1, 0.15) is 58.8 Å². The minimum absolute atomic E-state index is 0. The molecule has 0 aliphatic rings. The Kier molecular flexibility index (Phi) is 24.5. The van der Waals surface area contributed by atoms with Crippen molar-refractivity contribution in [1.29, 1.82) is 5.41 Å². The molecule has 0 saturated heterocycles. The zero-order valence-electron chi connectivity index (χ0n) is 23.4. The molecule has 4 unspecified atom stereocenters. The SMILES string of the molecule is CC(C)CC(N)C(=O)NC(CCC(=O)NC(CCC(=O)CN)C(=O)NC(CCC(=O)C=N)C(=O)[O-])C(=O)[O-].[Na+].[Na+]. The molecule has 0 aliphatic carbocycles. The standard InChI is InChI=1S/C23H38N6O9.2Na/c1-12(2)9-15(26)20(33)28-18(23(37)38)7-8-19(32)27-16(5-3-13(30)10-24)21(34)29-17(22(35)36)6-4-14(31)11-25;;/h11-12,15-18,25H,3-10,24,26H2,1-2H3,(H,27,32)(H,28,33)(H,29,34)(H,35,36)(H,37,38);;/q;2*+1/p-2. The van der Waals surface area contributed by atoms with E-state index in [1.165, 1.54) is 0 Å². The first-order valence-electron chi connectivity index (χ1n) is 12.0. The second kappa shape index (κ2) is 22.9. The Hall–Kier alpha value is -1.72. The van der Waals surface area contributed by atoms with Crippen molar-refractivity contribution in [3.05, 3.63) is 0 Å². The van der Waals surface area contributed by atoms with Gasteiger partial charge in [0.25, 0.3) is 0 Å². The van der Waals surface area contributed by atoms with Crippen LogP contribution < -0.4 is 96.7 Å². The van der Waals surface area contributed by atoms with E-state index in [2.05, 4.69) is 16.0 Å². The van der Waals surface area contributed by atoms with Gasteiger partial charge in [0.1, 0.15) is 11.8 Å². The predicted molar refractivity (Wildman–Crippen MR) is 129 cm³/mol. The van der Waals surface area contributed by atoms with Gasteiger partial charge in [-0.15, -0.1) is 0 Å². The van der Waals surface area contributed by atoms with Crippen LogP contribution in [0.3, 0.4) is 0 Å². The molecule has 15 nitrogen and oxygen atoms in total. The van der Waals surface area contributed by atoms with Crippen LogP contribution in [0.25, 0.3) is 0 Å². The third-order valence-electron chi connectivity index (χ3n) is 5.36. The van der Waals surface area contributed by atoms with Gasteiger partial charge in [0.05, 0.1) is 42.8 Å². The number of rotatable bonds is 20. The summed E-state index contributed by atoms with van der Waals surface area (Å²) in [7, 11) is 0. The van der Waals surface area contributed by atoms with Crippen LogP contribution in [-0.2, 0) is 33.6 Å². The molecule has 0 bridgehead atoms. The molecule has 3 amide bonds. The zero-order chi connectivity index (χ0) is 29.4. The molecule has 0 fully saturated rings. The van der Waals surface area contributed by atoms with E-state index in [0.717, 1.165) is 0 Å². The molecule has 17 heteroatoms. The minimum Gasteiger partial charge on any atom is -0.548 e. The Bertz CT molecular complexity index is 904. The van der Waals surface area contributed by atoms with Crippen LogP contribution in [0.2, 0.25) is 0 Å². The van der Waals surface area contributed by atoms with Crippen LogP contribution in [0.15, 0.2) is 0 Å². The molecule has 0 aliphatic heterocycles. The number of nitrogens with one attached hydrogen (secondary N) is 4. The number of aliphatic carboxylic acids is 2. The summed E-state index contributed by atoms with van der Waals surface area (Å²) in [5.74, 6) is -6.97. The van der Waals surface area contributed by atoms with Crippen LogP contribution >= 0.6 is 0 Å². The Balaban J connectivity index is -0.00000684. The van der Waals surface area contributed by atoms with Gasteiger partial charge >= 0.3 is 59.1 Å². The van der Waals surface area contributed by atoms with Gasteiger partial charge in [0.2, 0.25) is 17.7 Å². The van der Waals surface area contributed by atoms with E-state index in [4.69, 9.17) is 16.9 Å². The summed E-state index contributed by atoms with van der Waals surface area (Å²) in [6.45, 7) is 3.32. The maximum absolute atomic E-state index is 12.7. The van der Waals surface area contributed by atoms with E-state index in [1.54, 1.807) is 0 Å². The van der Waals surface area contributed by atoms with Crippen molar-refractivity contribution in [3.63, 3.8) is 0 Å². The molecule has 0 radical (unpaired) electrons. The van der Waals surface area contributed by atoms with Crippen molar-refractivity contribution in [2.75, 3.05) is 6.54 Å². The van der Waals surface area contributed by atoms with Crippen LogP contribution in [-0.4, -0.2) is 78.2 Å². The normalized spacial score (nSPS) is 13.2. The number of carboxylic acids is 2. The minimum atomic E-state index is -1.71. The molecular formula is C23H36N6Na2O9. The van der Waals surface area contributed by atoms with Crippen molar-refractivity contribution in [3.8, 4) is 0 Å². The number of ketones is 2. The number of hydrogen-bond acceptors (Lipinski definition) is 12. The monoisotopic (exact) mass is 586 g/mol. The average Bonchev–Trinajstić information content (AvgIpc) is 2.84. The summed E-state index contributed by atoms with van der Waals surface area (Å²) >= 11 is 0. The number of carbonyl (C=O) groups excluding carboxylic acids is 7. The average molecular weight is 587 g/mol. The fraction of sp³-hybridized carbons (Fsp3) is 0.652. The van der Waals surface area contributed by atoms with E-state index in [9.17, 15) is 43.8 Å². The van der Waals surface area contributed by atoms with Crippen molar-refractivity contribution >= 4 is 47.4 Å². The maximum atomic E-state index is 12.7. The summed E-state index contributed by atoms with van der Waals surface area (Å²) in [5.41, 5.74) is 11.0. The van der Waals surface area contributed by atoms with E-state index in [1.807, 2.05) is 13.8 Å². The smallest absolute Gasteiger partial charge is 0.548 e. The van der Waals surface area contributed by atoms with Crippen LogP contribution in [0, 0.1) is 11.3 Å². The Morgan fingerprint density at radius 3 is 1.70 bits per heavy atom. The molecule has 0 aromatic rings. The third kappa shape index (κ3) is 18.6. The first-order chi connectivity index (χ1) is 17.7. The zero-order valence-corrected chi connectivity index (χ0v) is 27.4. The molecule has 0 heterocycles. The number of nitrogens with two attached hydrogens (primary N) is 2. The summed E-state index contributed by atoms with van der Waals surface area (Å²) in [6.07, 6.45) is -1.32. The number of carbonyl (C=O) groups is 7. The topological polar surface area (TPSA) is 278 Å². The van der Waals surface area contributed by atoms with Crippen LogP contribution in [0.5, 0.6) is 0 Å². The Morgan fingerprint density at radius 2 is 1.25 bits per heavy atom. The molecule has 0 aromatic heterocycles. The number of Topliss-reactive ketones (excluding diaryl/α,β-unsaturated/α-hetero) is 2. The number of carboxylic acid groups (broad SMARTS) is 2. The molecule has 0 spiro atoms. The first-order valence-corrected chi connectivity index (χ1v) is 12.0. The number of hydrogen-bond donors (Lipinski definition) is 6. The van der Waals surface area contributed by atoms with Crippen molar-refractivity contribution in [2.45, 2.75) is 83.0 Å². The molecule has 0 rings (SSSR count). The summed E-state index contributed by atoms with van der Waals surface area (Å²) < 4.78 is 0. The van der Waals surface area contributed by atoms with E-state index in [-0.39, 0.29) is 97.3 Å². The van der Waals surface area contributed by atoms with Gasteiger partial charge < -0.3 is 52.6 Å². The number of amides is 3.